The van der Waals surface area contributed by atoms with Gasteiger partial charge in [-0.2, -0.15) is 0 Å². The summed E-state index contributed by atoms with van der Waals surface area (Å²) in [5, 5.41) is 1.50. The molecule has 0 bridgehead atoms. The molecule has 2 aromatic rings. The summed E-state index contributed by atoms with van der Waals surface area (Å²) in [6, 6.07) is 3.28. The summed E-state index contributed by atoms with van der Waals surface area (Å²) >= 11 is 7.51. The number of hydrogen-bond donors (Lipinski definition) is 1. The molecule has 1 heterocycles. The second-order valence-electron chi connectivity index (χ2n) is 4.93. The summed E-state index contributed by atoms with van der Waals surface area (Å²) in [5.41, 5.74) is 2.24. The van der Waals surface area contributed by atoms with E-state index >= 15 is 0 Å². The SMILES string of the molecule is Cc1nc(C)c(CNS(=O)(=O)c2cc(C)c(Cl)cc2C)s1. The van der Waals surface area contributed by atoms with Gasteiger partial charge in [-0.15, -0.1) is 11.3 Å². The number of thiazole rings is 1. The number of benzene rings is 1. The van der Waals surface area contributed by atoms with Gasteiger partial charge in [-0.3, -0.25) is 0 Å². The average molecular weight is 345 g/mol. The Balaban J connectivity index is 2.27. The molecule has 0 unspecified atom stereocenters. The van der Waals surface area contributed by atoms with Crippen LogP contribution in [-0.2, 0) is 16.6 Å². The predicted octanol–water partition coefficient (Wildman–Crippen LogP) is 3.51. The lowest BCUT2D eigenvalue weighted by molar-refractivity contribution is 0.581. The van der Waals surface area contributed by atoms with Crippen LogP contribution in [0.4, 0.5) is 0 Å². The van der Waals surface area contributed by atoms with Crippen LogP contribution in [0.25, 0.3) is 0 Å². The van der Waals surface area contributed by atoms with Gasteiger partial charge in [0.2, 0.25) is 10.0 Å². The quantitative estimate of drug-likeness (QED) is 0.923. The molecule has 0 radical (unpaired) electrons. The van der Waals surface area contributed by atoms with Gasteiger partial charge in [0.05, 0.1) is 15.6 Å². The zero-order chi connectivity index (χ0) is 15.8. The molecule has 0 aliphatic rings. The minimum Gasteiger partial charge on any atom is -0.247 e. The Morgan fingerprint density at radius 3 is 2.43 bits per heavy atom. The highest BCUT2D eigenvalue weighted by Crippen LogP contribution is 2.24. The number of aromatic nitrogens is 1. The molecule has 0 spiro atoms. The second kappa shape index (κ2) is 6.04. The normalized spacial score (nSPS) is 11.9. The van der Waals surface area contributed by atoms with Crippen LogP contribution in [0.15, 0.2) is 17.0 Å². The van der Waals surface area contributed by atoms with Gasteiger partial charge in [-0.1, -0.05) is 11.6 Å². The summed E-state index contributed by atoms with van der Waals surface area (Å²) in [6.45, 7) is 7.56. The van der Waals surface area contributed by atoms with Crippen molar-refractivity contribution in [3.8, 4) is 0 Å². The third kappa shape index (κ3) is 3.63. The van der Waals surface area contributed by atoms with Crippen LogP contribution < -0.4 is 4.72 Å². The van der Waals surface area contributed by atoms with E-state index in [0.717, 1.165) is 21.1 Å². The number of rotatable bonds is 4. The third-order valence-corrected chi connectivity index (χ3v) is 6.19. The molecule has 0 aliphatic carbocycles. The maximum absolute atomic E-state index is 12.4. The van der Waals surface area contributed by atoms with Gasteiger partial charge in [0.15, 0.2) is 0 Å². The van der Waals surface area contributed by atoms with Crippen LogP contribution in [0.2, 0.25) is 5.02 Å². The van der Waals surface area contributed by atoms with E-state index in [4.69, 9.17) is 11.6 Å². The Morgan fingerprint density at radius 2 is 1.86 bits per heavy atom. The highest BCUT2D eigenvalue weighted by atomic mass is 35.5. The van der Waals surface area contributed by atoms with Crippen LogP contribution in [0.5, 0.6) is 0 Å². The van der Waals surface area contributed by atoms with E-state index < -0.39 is 10.0 Å². The number of nitrogens with one attached hydrogen (secondary N) is 1. The van der Waals surface area contributed by atoms with Crippen molar-refractivity contribution >= 4 is 33.0 Å². The van der Waals surface area contributed by atoms with Crippen LogP contribution in [-0.4, -0.2) is 13.4 Å². The molecular weight excluding hydrogens is 328 g/mol. The van der Waals surface area contributed by atoms with Gasteiger partial charge in [0, 0.05) is 16.4 Å². The number of aryl methyl sites for hydroxylation is 4. The van der Waals surface area contributed by atoms with Crippen molar-refractivity contribution in [1.29, 1.82) is 0 Å². The number of halogens is 1. The zero-order valence-corrected chi connectivity index (χ0v) is 14.7. The minimum atomic E-state index is -3.57. The molecule has 0 atom stereocenters. The van der Waals surface area contributed by atoms with Crippen molar-refractivity contribution in [2.24, 2.45) is 0 Å². The summed E-state index contributed by atoms with van der Waals surface area (Å²) in [5.74, 6) is 0. The zero-order valence-electron chi connectivity index (χ0n) is 12.3. The molecule has 1 aromatic carbocycles. The standard InChI is InChI=1S/C14H17ClN2O2S2/c1-8-6-14(9(2)5-12(8)15)21(18,19)16-7-13-10(3)17-11(4)20-13/h5-6,16H,7H2,1-4H3. The Morgan fingerprint density at radius 1 is 1.19 bits per heavy atom. The van der Waals surface area contributed by atoms with E-state index in [-0.39, 0.29) is 11.4 Å². The molecule has 114 valence electrons. The van der Waals surface area contributed by atoms with E-state index in [1.54, 1.807) is 26.0 Å². The second-order valence-corrected chi connectivity index (χ2v) is 8.36. The molecule has 7 heteroatoms. The largest absolute Gasteiger partial charge is 0.247 e. The lowest BCUT2D eigenvalue weighted by Gasteiger charge is -2.11. The molecular formula is C14H17ClN2O2S2. The molecule has 0 saturated carbocycles. The summed E-state index contributed by atoms with van der Waals surface area (Å²) in [4.78, 5) is 5.49. The summed E-state index contributed by atoms with van der Waals surface area (Å²) < 4.78 is 27.5. The van der Waals surface area contributed by atoms with Crippen LogP contribution >= 0.6 is 22.9 Å². The Labute approximate surface area is 134 Å². The lowest BCUT2D eigenvalue weighted by atomic mass is 10.2. The fourth-order valence-corrected chi connectivity index (χ4v) is 4.51. The highest BCUT2D eigenvalue weighted by Gasteiger charge is 2.19. The minimum absolute atomic E-state index is 0.251. The van der Waals surface area contributed by atoms with Crippen LogP contribution in [0.3, 0.4) is 0 Å². The first-order valence-electron chi connectivity index (χ1n) is 6.40. The van der Waals surface area contributed by atoms with Gasteiger partial charge >= 0.3 is 0 Å². The Hall–Kier alpha value is -0.950. The first-order chi connectivity index (χ1) is 9.70. The highest BCUT2D eigenvalue weighted by molar-refractivity contribution is 7.89. The fraction of sp³-hybridized carbons (Fsp3) is 0.357. The lowest BCUT2D eigenvalue weighted by Crippen LogP contribution is -2.24. The summed E-state index contributed by atoms with van der Waals surface area (Å²) in [7, 11) is -3.57. The average Bonchev–Trinajstić information content (AvgIpc) is 2.70. The topological polar surface area (TPSA) is 59.1 Å². The van der Waals surface area contributed by atoms with Gasteiger partial charge in [-0.25, -0.2) is 18.1 Å². The molecule has 0 amide bonds. The molecule has 2 rings (SSSR count). The number of nitrogens with zero attached hydrogens (tertiary/aromatic N) is 1. The van der Waals surface area contributed by atoms with Gasteiger partial charge < -0.3 is 0 Å². The molecule has 0 fully saturated rings. The van der Waals surface area contributed by atoms with E-state index in [1.165, 1.54) is 11.3 Å². The van der Waals surface area contributed by atoms with Crippen molar-refractivity contribution in [2.45, 2.75) is 39.1 Å². The van der Waals surface area contributed by atoms with Crippen molar-refractivity contribution in [3.05, 3.63) is 43.9 Å². The smallest absolute Gasteiger partial charge is 0.241 e. The van der Waals surface area contributed by atoms with E-state index in [0.29, 0.717) is 10.6 Å². The maximum atomic E-state index is 12.4. The van der Waals surface area contributed by atoms with Gasteiger partial charge in [0.1, 0.15) is 0 Å². The first-order valence-corrected chi connectivity index (χ1v) is 9.08. The van der Waals surface area contributed by atoms with Crippen LogP contribution in [0, 0.1) is 27.7 Å². The van der Waals surface area contributed by atoms with E-state index in [9.17, 15) is 8.42 Å². The first kappa shape index (κ1) is 16.4. The van der Waals surface area contributed by atoms with Crippen molar-refractivity contribution in [2.75, 3.05) is 0 Å². The molecule has 0 saturated heterocycles. The predicted molar refractivity (Wildman–Crippen MR) is 86.5 cm³/mol. The maximum Gasteiger partial charge on any atom is 0.241 e. The molecule has 4 nitrogen and oxygen atoms in total. The monoisotopic (exact) mass is 344 g/mol. The molecule has 1 aromatic heterocycles. The van der Waals surface area contributed by atoms with E-state index in [1.807, 2.05) is 13.8 Å². The van der Waals surface area contributed by atoms with Crippen molar-refractivity contribution < 1.29 is 8.42 Å². The number of sulfonamides is 1. The van der Waals surface area contributed by atoms with Crippen molar-refractivity contribution in [3.63, 3.8) is 0 Å². The fourth-order valence-electron chi connectivity index (χ4n) is 2.02. The Kier molecular flexibility index (Phi) is 4.72. The molecule has 0 aliphatic heterocycles. The Bertz CT molecular complexity index is 783. The van der Waals surface area contributed by atoms with Gasteiger partial charge in [0.25, 0.3) is 0 Å². The number of hydrogen-bond acceptors (Lipinski definition) is 4. The van der Waals surface area contributed by atoms with Crippen LogP contribution in [0.1, 0.15) is 26.7 Å². The van der Waals surface area contributed by atoms with E-state index in [2.05, 4.69) is 9.71 Å². The van der Waals surface area contributed by atoms with Crippen molar-refractivity contribution in [1.82, 2.24) is 9.71 Å². The molecule has 1 N–H and O–H groups in total. The molecule has 21 heavy (non-hydrogen) atoms. The van der Waals surface area contributed by atoms with Gasteiger partial charge in [-0.05, 0) is 51.0 Å². The third-order valence-electron chi connectivity index (χ3n) is 3.17. The summed E-state index contributed by atoms with van der Waals surface area (Å²) in [6.07, 6.45) is 0.